The van der Waals surface area contributed by atoms with Crippen LogP contribution in [-0.2, 0) is 9.59 Å². The molecule has 6 atom stereocenters. The van der Waals surface area contributed by atoms with Crippen LogP contribution >= 0.6 is 0 Å². The van der Waals surface area contributed by atoms with Gasteiger partial charge in [-0.1, -0.05) is 32.4 Å². The van der Waals surface area contributed by atoms with Gasteiger partial charge in [-0.25, -0.2) is 0 Å². The first-order chi connectivity index (χ1) is 10.4. The molecule has 0 aromatic heterocycles. The molecule has 0 N–H and O–H groups in total. The Balaban J connectivity index is 2.04. The van der Waals surface area contributed by atoms with Gasteiger partial charge in [0.05, 0.1) is 0 Å². The quantitative estimate of drug-likeness (QED) is 0.485. The van der Waals surface area contributed by atoms with Crippen LogP contribution in [0.3, 0.4) is 0 Å². The third-order valence-corrected chi connectivity index (χ3v) is 7.11. The molecule has 3 aliphatic rings. The maximum absolute atomic E-state index is 12.8. The largest absolute Gasteiger partial charge is 0.291 e. The van der Waals surface area contributed by atoms with Gasteiger partial charge in [-0.05, 0) is 69.1 Å². The molecule has 0 heterocycles. The number of ketones is 2. The number of fused-ring (bicyclic) bond motifs is 1. The molecule has 0 aliphatic heterocycles. The van der Waals surface area contributed by atoms with E-state index in [-0.39, 0.29) is 17.5 Å². The average Bonchev–Trinajstić information content (AvgIpc) is 2.83. The summed E-state index contributed by atoms with van der Waals surface area (Å²) in [5.41, 5.74) is 1.07. The third-order valence-electron chi connectivity index (χ3n) is 7.11. The van der Waals surface area contributed by atoms with Gasteiger partial charge in [-0.2, -0.15) is 0 Å². The molecule has 0 radical (unpaired) electrons. The summed E-state index contributed by atoms with van der Waals surface area (Å²) in [6.45, 7) is 8.85. The molecule has 2 nitrogen and oxygen atoms in total. The molecule has 3 rings (SSSR count). The predicted molar refractivity (Wildman–Crippen MR) is 88.4 cm³/mol. The molecule has 22 heavy (non-hydrogen) atoms. The number of hydrogen-bond acceptors (Lipinski definition) is 2. The summed E-state index contributed by atoms with van der Waals surface area (Å²) < 4.78 is 0. The van der Waals surface area contributed by atoms with E-state index in [1.54, 1.807) is 0 Å². The van der Waals surface area contributed by atoms with Crippen LogP contribution in [0.25, 0.3) is 0 Å². The number of carbonyl (C=O) groups excluding carboxylic acids is 2. The summed E-state index contributed by atoms with van der Waals surface area (Å²) in [7, 11) is 0. The fraction of sp³-hybridized carbons (Fsp3) is 0.800. The molecule has 0 spiro atoms. The van der Waals surface area contributed by atoms with Crippen molar-refractivity contribution < 1.29 is 9.59 Å². The van der Waals surface area contributed by atoms with E-state index in [0.29, 0.717) is 23.7 Å². The first-order valence-electron chi connectivity index (χ1n) is 9.11. The number of carbonyl (C=O) groups is 2. The van der Waals surface area contributed by atoms with Crippen LogP contribution in [0.5, 0.6) is 0 Å². The van der Waals surface area contributed by atoms with Gasteiger partial charge in [0.15, 0.2) is 0 Å². The molecule has 122 valence electrons. The summed E-state index contributed by atoms with van der Waals surface area (Å²) >= 11 is 0. The lowest BCUT2D eigenvalue weighted by Crippen LogP contribution is -2.52. The van der Waals surface area contributed by atoms with E-state index in [1.807, 2.05) is 0 Å². The van der Waals surface area contributed by atoms with Crippen molar-refractivity contribution in [3.05, 3.63) is 11.6 Å². The molecule has 0 saturated heterocycles. The van der Waals surface area contributed by atoms with Gasteiger partial charge in [-0.15, -0.1) is 0 Å². The Morgan fingerprint density at radius 1 is 1.05 bits per heavy atom. The fourth-order valence-corrected chi connectivity index (χ4v) is 5.66. The summed E-state index contributed by atoms with van der Waals surface area (Å²) in [5.74, 6) is 1.73. The van der Waals surface area contributed by atoms with Crippen molar-refractivity contribution >= 4 is 11.6 Å². The molecule has 2 bridgehead atoms. The van der Waals surface area contributed by atoms with Crippen LogP contribution in [-0.4, -0.2) is 11.6 Å². The smallest absolute Gasteiger partial charge is 0.204 e. The van der Waals surface area contributed by atoms with Crippen LogP contribution in [0.2, 0.25) is 0 Å². The van der Waals surface area contributed by atoms with Crippen molar-refractivity contribution in [2.45, 2.75) is 66.2 Å². The molecule has 3 aliphatic carbocycles. The van der Waals surface area contributed by atoms with Crippen LogP contribution < -0.4 is 0 Å². The molecule has 2 fully saturated rings. The van der Waals surface area contributed by atoms with Crippen molar-refractivity contribution in [1.82, 2.24) is 0 Å². The number of hydrogen-bond donors (Lipinski definition) is 0. The van der Waals surface area contributed by atoms with Crippen molar-refractivity contribution in [1.29, 1.82) is 0 Å². The van der Waals surface area contributed by atoms with E-state index >= 15 is 0 Å². The van der Waals surface area contributed by atoms with Crippen LogP contribution in [0, 0.1) is 35.0 Å². The Morgan fingerprint density at radius 2 is 1.77 bits per heavy atom. The van der Waals surface area contributed by atoms with Crippen molar-refractivity contribution in [2.24, 2.45) is 35.0 Å². The van der Waals surface area contributed by atoms with E-state index in [1.165, 1.54) is 12.0 Å². The highest BCUT2D eigenvalue weighted by molar-refractivity contribution is 6.40. The lowest BCUT2D eigenvalue weighted by atomic mass is 9.56. The Morgan fingerprint density at radius 3 is 2.50 bits per heavy atom. The van der Waals surface area contributed by atoms with Gasteiger partial charge in [-0.3, -0.25) is 9.59 Å². The maximum atomic E-state index is 12.8. The number of Topliss-reactive ketones (excluding diaryl/α,β-unsaturated/α-hetero) is 2. The molecule has 3 unspecified atom stereocenters. The highest BCUT2D eigenvalue weighted by Gasteiger charge is 2.59. The van der Waals surface area contributed by atoms with E-state index in [0.717, 1.165) is 32.1 Å². The van der Waals surface area contributed by atoms with Gasteiger partial charge < -0.3 is 0 Å². The molecular weight excluding hydrogens is 272 g/mol. The minimum Gasteiger partial charge on any atom is -0.291 e. The Bertz CT molecular complexity index is 518. The second-order valence-electron chi connectivity index (χ2n) is 8.46. The summed E-state index contributed by atoms with van der Waals surface area (Å²) in [5, 5.41) is 0. The monoisotopic (exact) mass is 302 g/mol. The summed E-state index contributed by atoms with van der Waals surface area (Å²) in [4.78, 5) is 25.5. The zero-order chi connectivity index (χ0) is 16.1. The standard InChI is InChI=1S/C20H30O2/c1-12-6-5-7-13(2)15-10-11-20(4)17(15)14(3)16(9-8-12)18(21)19(20)22/h7,12,14-17H,5-6,8-11H2,1-4H3/t12-,14?,15?,16?,17+,20-/m0/s1. The van der Waals surface area contributed by atoms with Gasteiger partial charge in [0.25, 0.3) is 0 Å². The minimum atomic E-state index is -0.396. The normalized spacial score (nSPS) is 46.2. The summed E-state index contributed by atoms with van der Waals surface area (Å²) in [6, 6.07) is 0. The molecule has 2 saturated carbocycles. The number of rotatable bonds is 0. The molecule has 2 heteroatoms. The fourth-order valence-electron chi connectivity index (χ4n) is 5.66. The first-order valence-corrected chi connectivity index (χ1v) is 9.11. The van der Waals surface area contributed by atoms with E-state index < -0.39 is 5.41 Å². The van der Waals surface area contributed by atoms with Crippen molar-refractivity contribution in [2.75, 3.05) is 0 Å². The Kier molecular flexibility index (Phi) is 4.07. The van der Waals surface area contributed by atoms with E-state index in [9.17, 15) is 9.59 Å². The highest BCUT2D eigenvalue weighted by Crippen LogP contribution is 2.58. The van der Waals surface area contributed by atoms with E-state index in [4.69, 9.17) is 0 Å². The zero-order valence-corrected chi connectivity index (χ0v) is 14.5. The third kappa shape index (κ3) is 2.30. The Labute approximate surface area is 134 Å². The Hall–Kier alpha value is -0.920. The minimum absolute atomic E-state index is 0.0282. The second kappa shape index (κ2) is 5.62. The van der Waals surface area contributed by atoms with Crippen molar-refractivity contribution in [3.63, 3.8) is 0 Å². The maximum Gasteiger partial charge on any atom is 0.204 e. The zero-order valence-electron chi connectivity index (χ0n) is 14.5. The molecule has 0 amide bonds. The molecular formula is C20H30O2. The van der Waals surface area contributed by atoms with Gasteiger partial charge in [0.1, 0.15) is 0 Å². The first kappa shape index (κ1) is 16.0. The number of allylic oxidation sites excluding steroid dienone is 2. The predicted octanol–water partition coefficient (Wildman–Crippen LogP) is 4.58. The lowest BCUT2D eigenvalue weighted by Gasteiger charge is -2.45. The molecule has 0 aromatic rings. The van der Waals surface area contributed by atoms with E-state index in [2.05, 4.69) is 33.8 Å². The second-order valence-corrected chi connectivity index (χ2v) is 8.46. The van der Waals surface area contributed by atoms with Gasteiger partial charge >= 0.3 is 0 Å². The summed E-state index contributed by atoms with van der Waals surface area (Å²) in [6.07, 6.45) is 8.73. The van der Waals surface area contributed by atoms with Gasteiger partial charge in [0, 0.05) is 11.3 Å². The van der Waals surface area contributed by atoms with Crippen molar-refractivity contribution in [3.8, 4) is 0 Å². The molecule has 0 aromatic carbocycles. The van der Waals surface area contributed by atoms with Gasteiger partial charge in [0.2, 0.25) is 11.6 Å². The van der Waals surface area contributed by atoms with Crippen LogP contribution in [0.15, 0.2) is 11.6 Å². The lowest BCUT2D eigenvalue weighted by molar-refractivity contribution is -0.154. The highest BCUT2D eigenvalue weighted by atomic mass is 16.2. The SMILES string of the molecule is CC1=CCC[C@H](C)CCC2C(=O)C(=O)[C@@]3(C)CCC1[C@H]3C2C. The van der Waals surface area contributed by atoms with Crippen LogP contribution in [0.1, 0.15) is 66.2 Å². The topological polar surface area (TPSA) is 34.1 Å². The average molecular weight is 302 g/mol. The van der Waals surface area contributed by atoms with Crippen LogP contribution in [0.4, 0.5) is 0 Å².